The van der Waals surface area contributed by atoms with Gasteiger partial charge in [0.2, 0.25) is 0 Å². The molecule has 12 N–H and O–H groups in total. The summed E-state index contributed by atoms with van der Waals surface area (Å²) >= 11 is 0. The standard InChI is InChI=1S/C40H45N3O17/c1-11-6-18-24(31(49)21(11)37(53)43-12(2)38(54)55)23-16(9-17-25(32(23)50)26(41)15-7-14(56-5)8-19(44)22(15)28(17)46)29(47)35(18)59-40-34(52)36(27(42-4)13(3)58-40)60-39-33(51)30(48)20(45)10-57-39/h6-9,12-13,20,27,29-30,33-36,39-42,44-45,47-52H,10H2,1-5H3,(H,43,53)(H,54,55)/t12-,13+,20+,27-,29+,30-,33+,34+,35-,36-,39-,40-/m0/s1. The Kier molecular flexibility index (Phi) is 11.4. The molecule has 2 aliphatic carbocycles. The molecule has 0 radical (unpaired) electrons. The van der Waals surface area contributed by atoms with Crippen molar-refractivity contribution in [1.29, 1.82) is 5.41 Å². The van der Waals surface area contributed by atoms with Crippen LogP contribution in [0.25, 0.3) is 11.1 Å². The molecule has 1 amide bonds. The molecule has 0 saturated carbocycles. The molecule has 2 heterocycles. The lowest BCUT2D eigenvalue weighted by Crippen LogP contribution is -2.65. The van der Waals surface area contributed by atoms with Crippen LogP contribution < -0.4 is 15.4 Å². The summed E-state index contributed by atoms with van der Waals surface area (Å²) in [6.07, 6.45) is -15.4. The number of carboxylic acids is 1. The van der Waals surface area contributed by atoms with Crippen molar-refractivity contribution in [3.05, 3.63) is 68.8 Å². The van der Waals surface area contributed by atoms with Gasteiger partial charge in [-0.25, -0.2) is 0 Å². The van der Waals surface area contributed by atoms with E-state index in [1.807, 2.05) is 0 Å². The van der Waals surface area contributed by atoms with E-state index in [0.29, 0.717) is 0 Å². The number of aliphatic hydroxyl groups is 5. The van der Waals surface area contributed by atoms with Gasteiger partial charge in [-0.2, -0.15) is 0 Å². The first-order valence-corrected chi connectivity index (χ1v) is 18.8. The lowest BCUT2D eigenvalue weighted by atomic mass is 9.74. The van der Waals surface area contributed by atoms with Crippen molar-refractivity contribution in [2.24, 2.45) is 0 Å². The summed E-state index contributed by atoms with van der Waals surface area (Å²) in [4.78, 5) is 39.3. The topological polar surface area (TPSA) is 327 Å². The molecule has 7 rings (SSSR count). The number of aromatic hydroxyl groups is 3. The van der Waals surface area contributed by atoms with E-state index in [2.05, 4.69) is 10.6 Å². The molecule has 20 nitrogen and oxygen atoms in total. The van der Waals surface area contributed by atoms with Crippen LogP contribution in [0.3, 0.4) is 0 Å². The fraction of sp³-hybridized carbons (Fsp3) is 0.450. The summed E-state index contributed by atoms with van der Waals surface area (Å²) in [6.45, 7) is 3.81. The average molecular weight is 840 g/mol. The lowest BCUT2D eigenvalue weighted by molar-refractivity contribution is -0.339. The predicted octanol–water partition coefficient (Wildman–Crippen LogP) is -0.427. The normalized spacial score (nSPS) is 30.1. The summed E-state index contributed by atoms with van der Waals surface area (Å²) in [7, 11) is 2.85. The molecule has 322 valence electrons. The maximum Gasteiger partial charge on any atom is 0.325 e. The Bertz CT molecular complexity index is 2280. The zero-order valence-corrected chi connectivity index (χ0v) is 32.7. The number of aliphatic hydroxyl groups excluding tert-OH is 5. The number of carboxylic acid groups (broad SMARTS) is 1. The number of methoxy groups -OCH3 is 1. The van der Waals surface area contributed by atoms with E-state index >= 15 is 0 Å². The van der Waals surface area contributed by atoms with E-state index in [-0.39, 0.29) is 55.8 Å². The van der Waals surface area contributed by atoms with Crippen LogP contribution in [-0.4, -0.2) is 151 Å². The molecule has 12 atom stereocenters. The summed E-state index contributed by atoms with van der Waals surface area (Å²) < 4.78 is 29.0. The molecule has 0 bridgehead atoms. The molecule has 0 aromatic heterocycles. The van der Waals surface area contributed by atoms with Crippen molar-refractivity contribution in [1.82, 2.24) is 10.6 Å². The number of likely N-dealkylation sites (N-methyl/N-ethyl adjacent to an activating group) is 1. The number of phenolic OH excluding ortho intramolecular Hbond substituents is 3. The minimum Gasteiger partial charge on any atom is -0.507 e. The maximum atomic E-state index is 14.1. The molecule has 3 aromatic rings. The molecule has 20 heteroatoms. The van der Waals surface area contributed by atoms with Crippen molar-refractivity contribution >= 4 is 23.4 Å². The Morgan fingerprint density at radius 3 is 2.22 bits per heavy atom. The quantitative estimate of drug-likeness (QED) is 0.102. The Balaban J connectivity index is 1.37. The fourth-order valence-electron chi connectivity index (χ4n) is 8.34. The van der Waals surface area contributed by atoms with Crippen LogP contribution in [0.1, 0.15) is 80.2 Å². The second-order valence-electron chi connectivity index (χ2n) is 15.2. The summed E-state index contributed by atoms with van der Waals surface area (Å²) in [5.41, 5.74) is -2.81. The number of aryl methyl sites for hydroxylation is 1. The minimum atomic E-state index is -1.85. The van der Waals surface area contributed by atoms with Gasteiger partial charge in [0.15, 0.2) is 18.4 Å². The molecule has 0 unspecified atom stereocenters. The van der Waals surface area contributed by atoms with Gasteiger partial charge < -0.3 is 80.3 Å². The van der Waals surface area contributed by atoms with Crippen LogP contribution in [0.2, 0.25) is 0 Å². The molecule has 0 spiro atoms. The number of ether oxygens (including phenoxy) is 5. The Labute approximate surface area is 341 Å². The van der Waals surface area contributed by atoms with Crippen LogP contribution in [0.4, 0.5) is 0 Å². The Morgan fingerprint density at radius 2 is 1.57 bits per heavy atom. The lowest BCUT2D eigenvalue weighted by Gasteiger charge is -2.47. The Hall–Kier alpha value is -5.26. The maximum absolute atomic E-state index is 14.1. The van der Waals surface area contributed by atoms with Crippen LogP contribution in [-0.2, 0) is 23.7 Å². The third kappa shape index (κ3) is 6.83. The van der Waals surface area contributed by atoms with Crippen molar-refractivity contribution < 1.29 is 84.0 Å². The number of ketones is 1. The highest BCUT2D eigenvalue weighted by molar-refractivity contribution is 6.32. The number of benzene rings is 3. The molecular weight excluding hydrogens is 794 g/mol. The summed E-state index contributed by atoms with van der Waals surface area (Å²) in [5.74, 6) is -5.25. The van der Waals surface area contributed by atoms with E-state index in [1.165, 1.54) is 39.2 Å². The van der Waals surface area contributed by atoms with Crippen LogP contribution >= 0.6 is 0 Å². The average Bonchev–Trinajstić information content (AvgIpc) is 3.19. The van der Waals surface area contributed by atoms with Gasteiger partial charge in [-0.3, -0.25) is 19.8 Å². The minimum absolute atomic E-state index is 0.0570. The van der Waals surface area contributed by atoms with Crippen LogP contribution in [0.15, 0.2) is 24.3 Å². The zero-order valence-electron chi connectivity index (χ0n) is 32.7. The number of hydrogen-bond donors (Lipinski definition) is 12. The highest BCUT2D eigenvalue weighted by atomic mass is 16.7. The highest BCUT2D eigenvalue weighted by Crippen LogP contribution is 2.57. The molecule has 2 aliphatic heterocycles. The predicted molar refractivity (Wildman–Crippen MR) is 203 cm³/mol. The molecule has 2 saturated heterocycles. The van der Waals surface area contributed by atoms with Gasteiger partial charge in [-0.1, -0.05) is 6.07 Å². The van der Waals surface area contributed by atoms with Crippen molar-refractivity contribution in [2.45, 2.75) is 94.3 Å². The Morgan fingerprint density at radius 1 is 0.883 bits per heavy atom. The molecule has 60 heavy (non-hydrogen) atoms. The van der Waals surface area contributed by atoms with E-state index in [4.69, 9.17) is 29.1 Å². The SMILES string of the molecule is CN[C@@H]1[C@H](O[C@@H]2OC[C@@H](O)[C@H](O)[C@H]2O)[C@@H](O)[C@H](O[C@H]2c3cc(C)c(C(=O)N[C@@H](C)C(=O)O)c(O)c3-c3c(cc4c(c3O)C(=N)c3cc(OC)cc(O)c3C4=O)[C@H]2O)O[C@@H]1C. The largest absolute Gasteiger partial charge is 0.507 e. The number of hydrogen-bond acceptors (Lipinski definition) is 18. The van der Waals surface area contributed by atoms with Gasteiger partial charge in [-0.15, -0.1) is 0 Å². The van der Waals surface area contributed by atoms with Gasteiger partial charge >= 0.3 is 5.97 Å². The third-order valence-corrected chi connectivity index (χ3v) is 11.5. The van der Waals surface area contributed by atoms with E-state index in [1.54, 1.807) is 14.0 Å². The second kappa shape index (κ2) is 16.0. The molecule has 4 aliphatic rings. The summed E-state index contributed by atoms with van der Waals surface area (Å²) in [5, 5.41) is 114. The fourth-order valence-corrected chi connectivity index (χ4v) is 8.34. The molecule has 3 aromatic carbocycles. The number of aliphatic carboxylic acids is 1. The second-order valence-corrected chi connectivity index (χ2v) is 15.2. The highest BCUT2D eigenvalue weighted by Gasteiger charge is 2.51. The zero-order chi connectivity index (χ0) is 43.8. The van der Waals surface area contributed by atoms with Gasteiger partial charge in [-0.05, 0) is 56.6 Å². The first-order valence-electron chi connectivity index (χ1n) is 18.8. The van der Waals surface area contributed by atoms with Crippen LogP contribution in [0, 0.1) is 12.3 Å². The van der Waals surface area contributed by atoms with Gasteiger partial charge in [0, 0.05) is 28.3 Å². The van der Waals surface area contributed by atoms with Crippen molar-refractivity contribution in [3.63, 3.8) is 0 Å². The van der Waals surface area contributed by atoms with Gasteiger partial charge in [0.1, 0.15) is 71.8 Å². The third-order valence-electron chi connectivity index (χ3n) is 11.5. The van der Waals surface area contributed by atoms with Crippen LogP contribution in [0.5, 0.6) is 23.0 Å². The first-order chi connectivity index (χ1) is 28.3. The van der Waals surface area contributed by atoms with Gasteiger partial charge in [0.05, 0.1) is 48.3 Å². The van der Waals surface area contributed by atoms with Crippen molar-refractivity contribution in [2.75, 3.05) is 20.8 Å². The van der Waals surface area contributed by atoms with E-state index in [0.717, 1.165) is 6.07 Å². The number of nitrogens with one attached hydrogen (secondary N) is 3. The number of phenols is 3. The first kappa shape index (κ1) is 42.8. The summed E-state index contributed by atoms with van der Waals surface area (Å²) in [6, 6.07) is 2.76. The number of carbonyl (C=O) groups is 3. The van der Waals surface area contributed by atoms with E-state index in [9.17, 15) is 60.3 Å². The molecule has 2 fully saturated rings. The monoisotopic (exact) mass is 839 g/mol. The number of carbonyl (C=O) groups excluding carboxylic acids is 2. The van der Waals surface area contributed by atoms with Gasteiger partial charge in [0.25, 0.3) is 5.91 Å². The number of fused-ring (bicyclic) bond motifs is 5. The number of amides is 1. The van der Waals surface area contributed by atoms with E-state index < -0.39 is 126 Å². The number of rotatable bonds is 9. The molecular formula is C40H45N3O17. The van der Waals surface area contributed by atoms with Crippen molar-refractivity contribution in [3.8, 4) is 34.1 Å². The smallest absolute Gasteiger partial charge is 0.325 e.